The van der Waals surface area contributed by atoms with Crippen LogP contribution in [0, 0.1) is 5.82 Å². The summed E-state index contributed by atoms with van der Waals surface area (Å²) in [6.45, 7) is 3.94. The van der Waals surface area contributed by atoms with Crippen molar-refractivity contribution in [2.45, 2.75) is 20.3 Å². The van der Waals surface area contributed by atoms with Gasteiger partial charge >= 0.3 is 0 Å². The van der Waals surface area contributed by atoms with Crippen LogP contribution in [0.25, 0.3) is 16.9 Å². The molecule has 0 spiro atoms. The lowest BCUT2D eigenvalue weighted by Gasteiger charge is -2.03. The van der Waals surface area contributed by atoms with E-state index in [1.165, 1.54) is 22.4 Å². The van der Waals surface area contributed by atoms with Crippen LogP contribution in [0.4, 0.5) is 10.1 Å². The minimum absolute atomic E-state index is 0.230. The van der Waals surface area contributed by atoms with E-state index in [9.17, 15) is 9.18 Å². The SMILES string of the molecule is CCc1ccc(N=C(C)c2c(-c3ccccc3)[nH]n(-c3ccc(F)cc3)c2=O)cc1. The molecule has 0 saturated heterocycles. The van der Waals surface area contributed by atoms with Crippen LogP contribution in [-0.2, 0) is 6.42 Å². The fourth-order valence-corrected chi connectivity index (χ4v) is 3.41. The molecular weight excluding hydrogens is 377 g/mol. The van der Waals surface area contributed by atoms with Gasteiger partial charge in [0.05, 0.1) is 28.3 Å². The van der Waals surface area contributed by atoms with Gasteiger partial charge in [-0.05, 0) is 55.3 Å². The third-order valence-corrected chi connectivity index (χ3v) is 5.04. The summed E-state index contributed by atoms with van der Waals surface area (Å²) in [4.78, 5) is 18.0. The van der Waals surface area contributed by atoms with Crippen molar-refractivity contribution < 1.29 is 4.39 Å². The maximum atomic E-state index is 13.4. The summed E-state index contributed by atoms with van der Waals surface area (Å²) in [7, 11) is 0. The first-order valence-electron chi connectivity index (χ1n) is 9.88. The number of hydrogen-bond acceptors (Lipinski definition) is 2. The predicted octanol–water partition coefficient (Wildman–Crippen LogP) is 5.67. The van der Waals surface area contributed by atoms with Crippen LogP contribution in [0.2, 0.25) is 0 Å². The van der Waals surface area contributed by atoms with Crippen molar-refractivity contribution in [3.63, 3.8) is 0 Å². The molecule has 4 aromatic rings. The van der Waals surface area contributed by atoms with Crippen molar-refractivity contribution in [3.05, 3.63) is 106 Å². The Morgan fingerprint density at radius 3 is 2.27 bits per heavy atom. The third kappa shape index (κ3) is 3.87. The molecule has 0 saturated carbocycles. The quantitative estimate of drug-likeness (QED) is 0.432. The molecule has 30 heavy (non-hydrogen) atoms. The fourth-order valence-electron chi connectivity index (χ4n) is 3.41. The molecule has 0 amide bonds. The normalized spacial score (nSPS) is 11.6. The van der Waals surface area contributed by atoms with E-state index in [1.807, 2.05) is 61.5 Å². The van der Waals surface area contributed by atoms with E-state index >= 15 is 0 Å². The summed E-state index contributed by atoms with van der Waals surface area (Å²) in [5.41, 5.74) is 5.01. The largest absolute Gasteiger partial charge is 0.290 e. The molecule has 0 atom stereocenters. The van der Waals surface area contributed by atoms with Gasteiger partial charge in [0, 0.05) is 5.56 Å². The van der Waals surface area contributed by atoms with Crippen molar-refractivity contribution in [2.24, 2.45) is 4.99 Å². The number of nitrogens with zero attached hydrogens (tertiary/aromatic N) is 2. The number of nitrogens with one attached hydrogen (secondary N) is 1. The Morgan fingerprint density at radius 1 is 0.967 bits per heavy atom. The molecular formula is C25H22FN3O. The minimum Gasteiger partial charge on any atom is -0.290 e. The Kier molecular flexibility index (Phi) is 5.44. The summed E-state index contributed by atoms with van der Waals surface area (Å²) >= 11 is 0. The maximum Gasteiger partial charge on any atom is 0.280 e. The number of halogens is 1. The minimum atomic E-state index is -0.352. The van der Waals surface area contributed by atoms with E-state index in [0.717, 1.165) is 17.7 Å². The fraction of sp³-hybridized carbons (Fsp3) is 0.120. The van der Waals surface area contributed by atoms with Crippen LogP contribution in [0.5, 0.6) is 0 Å². The van der Waals surface area contributed by atoms with Gasteiger partial charge in [-0.1, -0.05) is 49.4 Å². The molecule has 0 unspecified atom stereocenters. The topological polar surface area (TPSA) is 50.1 Å². The summed E-state index contributed by atoms with van der Waals surface area (Å²) < 4.78 is 14.8. The van der Waals surface area contributed by atoms with Gasteiger partial charge in [-0.2, -0.15) is 0 Å². The van der Waals surface area contributed by atoms with Crippen LogP contribution < -0.4 is 5.56 Å². The molecule has 4 nitrogen and oxygen atoms in total. The van der Waals surface area contributed by atoms with Gasteiger partial charge in [0.2, 0.25) is 0 Å². The Bertz CT molecular complexity index is 1230. The highest BCUT2D eigenvalue weighted by molar-refractivity contribution is 6.04. The lowest BCUT2D eigenvalue weighted by atomic mass is 10.1. The summed E-state index contributed by atoms with van der Waals surface area (Å²) in [6.07, 6.45) is 0.960. The molecule has 3 aromatic carbocycles. The van der Waals surface area contributed by atoms with Gasteiger partial charge < -0.3 is 0 Å². The number of rotatable bonds is 5. The van der Waals surface area contributed by atoms with Gasteiger partial charge in [-0.25, -0.2) is 9.07 Å². The Labute approximate surface area is 174 Å². The summed E-state index contributed by atoms with van der Waals surface area (Å²) in [5.74, 6) is -0.352. The van der Waals surface area contributed by atoms with E-state index < -0.39 is 0 Å². The molecule has 5 heteroatoms. The lowest BCUT2D eigenvalue weighted by molar-refractivity contribution is 0.627. The van der Waals surface area contributed by atoms with Gasteiger partial charge in [0.1, 0.15) is 5.82 Å². The number of benzene rings is 3. The van der Waals surface area contributed by atoms with E-state index in [2.05, 4.69) is 12.0 Å². The van der Waals surface area contributed by atoms with Gasteiger partial charge in [-0.3, -0.25) is 14.9 Å². The second-order valence-electron chi connectivity index (χ2n) is 7.06. The number of aromatic amines is 1. The molecule has 1 heterocycles. The molecule has 0 bridgehead atoms. The van der Waals surface area contributed by atoms with Crippen molar-refractivity contribution in [1.29, 1.82) is 0 Å². The highest BCUT2D eigenvalue weighted by Crippen LogP contribution is 2.23. The van der Waals surface area contributed by atoms with Crippen LogP contribution in [0.3, 0.4) is 0 Å². The Morgan fingerprint density at radius 2 is 1.63 bits per heavy atom. The molecule has 0 aliphatic carbocycles. The Balaban J connectivity index is 1.87. The lowest BCUT2D eigenvalue weighted by Crippen LogP contribution is -2.19. The average Bonchev–Trinajstić information content (AvgIpc) is 3.12. The summed E-state index contributed by atoms with van der Waals surface area (Å²) in [5, 5.41) is 3.19. The standard InChI is InChI=1S/C25H22FN3O/c1-3-18-9-13-21(14-10-18)27-17(2)23-24(19-7-5-4-6-8-19)28-29(25(23)30)22-15-11-20(26)12-16-22/h4-16,28H,3H2,1-2H3. The summed E-state index contributed by atoms with van der Waals surface area (Å²) in [6, 6.07) is 23.4. The van der Waals surface area contributed by atoms with E-state index in [-0.39, 0.29) is 11.4 Å². The number of aromatic nitrogens is 2. The molecule has 4 rings (SSSR count). The molecule has 0 aliphatic heterocycles. The van der Waals surface area contributed by atoms with Gasteiger partial charge in [0.15, 0.2) is 0 Å². The molecule has 150 valence electrons. The third-order valence-electron chi connectivity index (χ3n) is 5.04. The van der Waals surface area contributed by atoms with E-state index in [4.69, 9.17) is 4.99 Å². The van der Waals surface area contributed by atoms with E-state index in [1.54, 1.807) is 12.1 Å². The zero-order valence-corrected chi connectivity index (χ0v) is 16.9. The molecule has 1 N–H and O–H groups in total. The molecule has 1 aromatic heterocycles. The molecule has 0 fully saturated rings. The van der Waals surface area contributed by atoms with Crippen LogP contribution >= 0.6 is 0 Å². The van der Waals surface area contributed by atoms with Gasteiger partial charge in [0.25, 0.3) is 5.56 Å². The number of hydrogen-bond donors (Lipinski definition) is 1. The van der Waals surface area contributed by atoms with Crippen molar-refractivity contribution in [1.82, 2.24) is 9.78 Å². The van der Waals surface area contributed by atoms with Gasteiger partial charge in [-0.15, -0.1) is 0 Å². The first kappa shape index (κ1) is 19.6. The Hall–Kier alpha value is -3.73. The highest BCUT2D eigenvalue weighted by Gasteiger charge is 2.19. The zero-order valence-electron chi connectivity index (χ0n) is 16.9. The number of aryl methyl sites for hydroxylation is 1. The van der Waals surface area contributed by atoms with Crippen molar-refractivity contribution in [3.8, 4) is 16.9 Å². The number of H-pyrrole nitrogens is 1. The van der Waals surface area contributed by atoms with Crippen LogP contribution in [0.1, 0.15) is 25.0 Å². The van der Waals surface area contributed by atoms with E-state index in [0.29, 0.717) is 22.7 Å². The smallest absolute Gasteiger partial charge is 0.280 e. The first-order valence-corrected chi connectivity index (χ1v) is 9.88. The predicted molar refractivity (Wildman–Crippen MR) is 119 cm³/mol. The zero-order chi connectivity index (χ0) is 21.1. The number of aliphatic imine (C=N–C) groups is 1. The first-order chi connectivity index (χ1) is 14.6. The monoisotopic (exact) mass is 399 g/mol. The second kappa shape index (κ2) is 8.33. The molecule has 0 radical (unpaired) electrons. The van der Waals surface area contributed by atoms with Crippen LogP contribution in [0.15, 0.2) is 88.6 Å². The molecule has 0 aliphatic rings. The second-order valence-corrected chi connectivity index (χ2v) is 7.06. The maximum absolute atomic E-state index is 13.4. The highest BCUT2D eigenvalue weighted by atomic mass is 19.1. The average molecular weight is 399 g/mol. The van der Waals surface area contributed by atoms with Crippen molar-refractivity contribution >= 4 is 11.4 Å². The van der Waals surface area contributed by atoms with Crippen LogP contribution in [-0.4, -0.2) is 15.5 Å². The van der Waals surface area contributed by atoms with Crippen molar-refractivity contribution in [2.75, 3.05) is 0 Å².